The Morgan fingerprint density at radius 3 is 2.77 bits per heavy atom. The van der Waals surface area contributed by atoms with Crippen LogP contribution in [0.2, 0.25) is 0 Å². The van der Waals surface area contributed by atoms with Gasteiger partial charge >= 0.3 is 0 Å². The molecule has 1 amide bonds. The van der Waals surface area contributed by atoms with Crippen LogP contribution in [0.15, 0.2) is 36.4 Å². The van der Waals surface area contributed by atoms with Crippen molar-refractivity contribution in [3.8, 4) is 23.3 Å². The van der Waals surface area contributed by atoms with E-state index in [1.807, 2.05) is 26.0 Å². The first kappa shape index (κ1) is 17.6. The van der Waals surface area contributed by atoms with Crippen LogP contribution < -0.4 is 19.5 Å². The largest absolute Gasteiger partial charge is 0.492 e. The van der Waals surface area contributed by atoms with E-state index in [4.69, 9.17) is 19.5 Å². The lowest BCUT2D eigenvalue weighted by Crippen LogP contribution is -2.20. The Hall–Kier alpha value is -3.20. The number of ether oxygens (including phenoxy) is 3. The molecule has 1 unspecified atom stereocenters. The number of nitriles is 1. The molecule has 0 aromatic heterocycles. The third-order valence-electron chi connectivity index (χ3n) is 3.93. The SMILES string of the molecule is CCOc1cc2c(cc1NC(=O)COc1ccc(C#N)cc1)OC(C)C2. The molecule has 1 N–H and O–H groups in total. The number of fused-ring (bicyclic) bond motifs is 1. The molecule has 0 radical (unpaired) electrons. The smallest absolute Gasteiger partial charge is 0.262 e. The highest BCUT2D eigenvalue weighted by atomic mass is 16.5. The number of anilines is 1. The van der Waals surface area contributed by atoms with Crippen LogP contribution in [-0.4, -0.2) is 25.2 Å². The summed E-state index contributed by atoms with van der Waals surface area (Å²) in [6.07, 6.45) is 0.941. The summed E-state index contributed by atoms with van der Waals surface area (Å²) in [7, 11) is 0. The molecular weight excluding hydrogens is 332 g/mol. The minimum Gasteiger partial charge on any atom is -0.492 e. The third-order valence-corrected chi connectivity index (χ3v) is 3.93. The monoisotopic (exact) mass is 352 g/mol. The van der Waals surface area contributed by atoms with Crippen molar-refractivity contribution >= 4 is 11.6 Å². The van der Waals surface area contributed by atoms with Gasteiger partial charge in [-0.15, -0.1) is 0 Å². The average molecular weight is 352 g/mol. The molecule has 0 saturated heterocycles. The van der Waals surface area contributed by atoms with Gasteiger partial charge < -0.3 is 19.5 Å². The van der Waals surface area contributed by atoms with E-state index >= 15 is 0 Å². The van der Waals surface area contributed by atoms with Crippen LogP contribution in [0.4, 0.5) is 5.69 Å². The molecule has 3 rings (SSSR count). The Labute approximate surface area is 152 Å². The van der Waals surface area contributed by atoms with E-state index in [1.54, 1.807) is 30.3 Å². The molecule has 1 heterocycles. The molecule has 0 saturated carbocycles. The van der Waals surface area contributed by atoms with E-state index in [0.717, 1.165) is 17.7 Å². The van der Waals surface area contributed by atoms with Crippen LogP contribution in [0.25, 0.3) is 0 Å². The normalized spacial score (nSPS) is 14.7. The minimum absolute atomic E-state index is 0.116. The van der Waals surface area contributed by atoms with Gasteiger partial charge in [-0.3, -0.25) is 4.79 Å². The van der Waals surface area contributed by atoms with E-state index in [2.05, 4.69) is 5.32 Å². The standard InChI is InChI=1S/C20H20N2O4/c1-3-24-19-9-15-8-13(2)26-18(15)10-17(19)22-20(23)12-25-16-6-4-14(11-21)5-7-16/h4-7,9-10,13H,3,8,12H2,1-2H3,(H,22,23). The van der Waals surface area contributed by atoms with Gasteiger partial charge in [-0.2, -0.15) is 5.26 Å². The van der Waals surface area contributed by atoms with Gasteiger partial charge in [-0.25, -0.2) is 0 Å². The molecule has 2 aromatic carbocycles. The van der Waals surface area contributed by atoms with Gasteiger partial charge in [0.1, 0.15) is 23.4 Å². The maximum absolute atomic E-state index is 12.2. The number of carbonyl (C=O) groups excluding carboxylic acids is 1. The maximum atomic E-state index is 12.2. The summed E-state index contributed by atoms with van der Waals surface area (Å²) in [5, 5.41) is 11.6. The van der Waals surface area contributed by atoms with Gasteiger partial charge in [-0.05, 0) is 44.2 Å². The number of hydrogen-bond donors (Lipinski definition) is 1. The van der Waals surface area contributed by atoms with Crippen molar-refractivity contribution in [1.82, 2.24) is 0 Å². The topological polar surface area (TPSA) is 80.6 Å². The predicted molar refractivity (Wildman–Crippen MR) is 96.7 cm³/mol. The number of hydrogen-bond acceptors (Lipinski definition) is 5. The first-order valence-corrected chi connectivity index (χ1v) is 8.48. The van der Waals surface area contributed by atoms with Gasteiger partial charge in [0.15, 0.2) is 6.61 Å². The first-order chi connectivity index (χ1) is 12.6. The zero-order valence-electron chi connectivity index (χ0n) is 14.7. The fourth-order valence-corrected chi connectivity index (χ4v) is 2.77. The van der Waals surface area contributed by atoms with Gasteiger partial charge in [0.2, 0.25) is 0 Å². The lowest BCUT2D eigenvalue weighted by atomic mass is 10.1. The third kappa shape index (κ3) is 4.06. The molecule has 0 fully saturated rings. The summed E-state index contributed by atoms with van der Waals surface area (Å²) < 4.78 is 16.8. The number of rotatable bonds is 6. The fraction of sp³-hybridized carbons (Fsp3) is 0.300. The van der Waals surface area contributed by atoms with Crippen molar-refractivity contribution in [1.29, 1.82) is 5.26 Å². The molecule has 2 aromatic rings. The maximum Gasteiger partial charge on any atom is 0.262 e. The number of carbonyl (C=O) groups is 1. The zero-order valence-corrected chi connectivity index (χ0v) is 14.7. The van der Waals surface area contributed by atoms with Gasteiger partial charge in [-0.1, -0.05) is 0 Å². The van der Waals surface area contributed by atoms with Crippen LogP contribution in [0.5, 0.6) is 17.2 Å². The molecule has 0 aliphatic carbocycles. The Kier molecular flexibility index (Phi) is 5.28. The highest BCUT2D eigenvalue weighted by molar-refractivity contribution is 5.93. The van der Waals surface area contributed by atoms with E-state index in [1.165, 1.54) is 0 Å². The second-order valence-corrected chi connectivity index (χ2v) is 5.99. The highest BCUT2D eigenvalue weighted by Crippen LogP contribution is 2.38. The highest BCUT2D eigenvalue weighted by Gasteiger charge is 2.22. The zero-order chi connectivity index (χ0) is 18.5. The number of amides is 1. The molecular formula is C20H20N2O4. The van der Waals surface area contributed by atoms with Gasteiger partial charge in [0, 0.05) is 18.1 Å². The van der Waals surface area contributed by atoms with Crippen molar-refractivity contribution in [2.24, 2.45) is 0 Å². The molecule has 26 heavy (non-hydrogen) atoms. The quantitative estimate of drug-likeness (QED) is 0.863. The lowest BCUT2D eigenvalue weighted by Gasteiger charge is -2.14. The van der Waals surface area contributed by atoms with Crippen LogP contribution >= 0.6 is 0 Å². The summed E-state index contributed by atoms with van der Waals surface area (Å²) in [6.45, 7) is 4.25. The van der Waals surface area contributed by atoms with Crippen molar-refractivity contribution < 1.29 is 19.0 Å². The van der Waals surface area contributed by atoms with E-state index < -0.39 is 0 Å². The van der Waals surface area contributed by atoms with Crippen LogP contribution in [0.1, 0.15) is 25.0 Å². The van der Waals surface area contributed by atoms with E-state index in [9.17, 15) is 4.79 Å². The Morgan fingerprint density at radius 2 is 2.08 bits per heavy atom. The van der Waals surface area contributed by atoms with Crippen molar-refractivity contribution in [2.45, 2.75) is 26.4 Å². The number of nitrogens with one attached hydrogen (secondary N) is 1. The Bertz CT molecular complexity index is 840. The Morgan fingerprint density at radius 1 is 1.31 bits per heavy atom. The molecule has 1 aliphatic rings. The van der Waals surface area contributed by atoms with Crippen molar-refractivity contribution in [3.63, 3.8) is 0 Å². The number of nitrogens with zero attached hydrogens (tertiary/aromatic N) is 1. The first-order valence-electron chi connectivity index (χ1n) is 8.48. The van der Waals surface area contributed by atoms with E-state index in [0.29, 0.717) is 29.4 Å². The summed E-state index contributed by atoms with van der Waals surface area (Å²) >= 11 is 0. The van der Waals surface area contributed by atoms with E-state index in [-0.39, 0.29) is 18.6 Å². The molecule has 1 atom stereocenters. The molecule has 6 heteroatoms. The van der Waals surface area contributed by atoms with Gasteiger partial charge in [0.05, 0.1) is 23.9 Å². The second kappa shape index (κ2) is 7.79. The van der Waals surface area contributed by atoms with Crippen molar-refractivity contribution in [2.75, 3.05) is 18.5 Å². The molecule has 0 bridgehead atoms. The molecule has 134 valence electrons. The molecule has 6 nitrogen and oxygen atoms in total. The van der Waals surface area contributed by atoms with Gasteiger partial charge in [0.25, 0.3) is 5.91 Å². The predicted octanol–water partition coefficient (Wildman–Crippen LogP) is 3.30. The van der Waals surface area contributed by atoms with Crippen molar-refractivity contribution in [3.05, 3.63) is 47.5 Å². The minimum atomic E-state index is -0.304. The molecule has 0 spiro atoms. The fourth-order valence-electron chi connectivity index (χ4n) is 2.77. The van der Waals surface area contributed by atoms with Crippen LogP contribution in [0, 0.1) is 11.3 Å². The average Bonchev–Trinajstić information content (AvgIpc) is 2.99. The second-order valence-electron chi connectivity index (χ2n) is 5.99. The van der Waals surface area contributed by atoms with Crippen LogP contribution in [-0.2, 0) is 11.2 Å². The summed E-state index contributed by atoms with van der Waals surface area (Å²) in [6, 6.07) is 12.3. The Balaban J connectivity index is 1.66. The lowest BCUT2D eigenvalue weighted by molar-refractivity contribution is -0.118. The summed E-state index contributed by atoms with van der Waals surface area (Å²) in [5.74, 6) is 1.61. The summed E-state index contributed by atoms with van der Waals surface area (Å²) in [4.78, 5) is 12.2. The molecule has 1 aliphatic heterocycles. The number of benzene rings is 2. The van der Waals surface area contributed by atoms with Crippen LogP contribution in [0.3, 0.4) is 0 Å². The summed E-state index contributed by atoms with van der Waals surface area (Å²) in [5.41, 5.74) is 2.18.